The molecule has 0 amide bonds. The lowest BCUT2D eigenvalue weighted by atomic mass is 10.1. The second-order valence-corrected chi connectivity index (χ2v) is 5.94. The van der Waals surface area contributed by atoms with E-state index in [1.54, 1.807) is 0 Å². The van der Waals surface area contributed by atoms with Gasteiger partial charge in [0.05, 0.1) is 0 Å². The zero-order valence-corrected chi connectivity index (χ0v) is 12.0. The first-order valence-electron chi connectivity index (χ1n) is 7.43. The Kier molecular flexibility index (Phi) is 3.76. The molecule has 1 aromatic rings. The maximum absolute atomic E-state index is 6.09. The molecule has 2 unspecified atom stereocenters. The Morgan fingerprint density at radius 2 is 2.26 bits per heavy atom. The van der Waals surface area contributed by atoms with Crippen molar-refractivity contribution in [3.8, 4) is 5.75 Å². The first-order chi connectivity index (χ1) is 9.22. The lowest BCUT2D eigenvalue weighted by Gasteiger charge is -2.28. The molecule has 2 atom stereocenters. The normalized spacial score (nSPS) is 27.7. The van der Waals surface area contributed by atoms with Crippen molar-refractivity contribution in [2.24, 2.45) is 0 Å². The van der Waals surface area contributed by atoms with E-state index in [1.165, 1.54) is 17.5 Å². The van der Waals surface area contributed by atoms with Crippen molar-refractivity contribution in [3.05, 3.63) is 29.3 Å². The fourth-order valence-electron chi connectivity index (χ4n) is 3.15. The van der Waals surface area contributed by atoms with Crippen LogP contribution in [0.25, 0.3) is 0 Å². The molecule has 1 saturated heterocycles. The number of benzene rings is 1. The molecule has 2 heterocycles. The van der Waals surface area contributed by atoms with Crippen LogP contribution in [0.2, 0.25) is 0 Å². The summed E-state index contributed by atoms with van der Waals surface area (Å²) in [6.45, 7) is 8.91. The minimum absolute atomic E-state index is 0.331. The highest BCUT2D eigenvalue weighted by Crippen LogP contribution is 2.30. The van der Waals surface area contributed by atoms with E-state index in [2.05, 4.69) is 42.3 Å². The van der Waals surface area contributed by atoms with Crippen LogP contribution in [0.4, 0.5) is 0 Å². The molecule has 1 fully saturated rings. The Morgan fingerprint density at radius 1 is 1.37 bits per heavy atom. The van der Waals surface area contributed by atoms with Gasteiger partial charge >= 0.3 is 0 Å². The maximum atomic E-state index is 6.09. The molecule has 0 aromatic heterocycles. The Hall–Kier alpha value is -1.06. The number of nitrogens with zero attached hydrogens (tertiary/aromatic N) is 1. The number of hydrogen-bond acceptors (Lipinski definition) is 3. The molecule has 0 spiro atoms. The third kappa shape index (κ3) is 2.93. The number of ether oxygens (including phenoxy) is 1. The van der Waals surface area contributed by atoms with Gasteiger partial charge in [0, 0.05) is 32.1 Å². The van der Waals surface area contributed by atoms with E-state index >= 15 is 0 Å². The van der Waals surface area contributed by atoms with Crippen LogP contribution < -0.4 is 10.1 Å². The van der Waals surface area contributed by atoms with Gasteiger partial charge in [-0.2, -0.15) is 0 Å². The van der Waals surface area contributed by atoms with Crippen molar-refractivity contribution in [2.75, 3.05) is 26.2 Å². The summed E-state index contributed by atoms with van der Waals surface area (Å²) in [5.41, 5.74) is 2.71. The molecule has 0 radical (unpaired) electrons. The van der Waals surface area contributed by atoms with Crippen molar-refractivity contribution in [2.45, 2.75) is 38.8 Å². The predicted octanol–water partition coefficient (Wildman–Crippen LogP) is 1.98. The summed E-state index contributed by atoms with van der Waals surface area (Å²) in [5.74, 6) is 1.09. The number of rotatable bonds is 2. The SMILES string of the molecule is Cc1ccc2c(c1)CC(CN1CCNCCC1C)O2. The Balaban J connectivity index is 1.63. The van der Waals surface area contributed by atoms with Gasteiger partial charge in [-0.25, -0.2) is 0 Å². The first kappa shape index (κ1) is 12.9. The van der Waals surface area contributed by atoms with Crippen LogP contribution in [0.15, 0.2) is 18.2 Å². The maximum Gasteiger partial charge on any atom is 0.123 e. The molecule has 3 rings (SSSR count). The third-order valence-corrected chi connectivity index (χ3v) is 4.33. The molecule has 3 nitrogen and oxygen atoms in total. The number of aryl methyl sites for hydroxylation is 1. The number of fused-ring (bicyclic) bond motifs is 1. The monoisotopic (exact) mass is 260 g/mol. The van der Waals surface area contributed by atoms with E-state index in [-0.39, 0.29) is 0 Å². The van der Waals surface area contributed by atoms with Crippen LogP contribution in [0, 0.1) is 6.92 Å². The van der Waals surface area contributed by atoms with Gasteiger partial charge in [0.25, 0.3) is 0 Å². The highest BCUT2D eigenvalue weighted by atomic mass is 16.5. The lowest BCUT2D eigenvalue weighted by molar-refractivity contribution is 0.127. The van der Waals surface area contributed by atoms with Crippen molar-refractivity contribution < 1.29 is 4.74 Å². The Morgan fingerprint density at radius 3 is 3.16 bits per heavy atom. The summed E-state index contributed by atoms with van der Waals surface area (Å²) >= 11 is 0. The number of nitrogens with one attached hydrogen (secondary N) is 1. The van der Waals surface area contributed by atoms with Crippen LogP contribution >= 0.6 is 0 Å². The number of hydrogen-bond donors (Lipinski definition) is 1. The van der Waals surface area contributed by atoms with E-state index in [1.807, 2.05) is 0 Å². The fourth-order valence-corrected chi connectivity index (χ4v) is 3.15. The van der Waals surface area contributed by atoms with Gasteiger partial charge in [-0.1, -0.05) is 17.7 Å². The largest absolute Gasteiger partial charge is 0.488 e. The van der Waals surface area contributed by atoms with E-state index in [9.17, 15) is 0 Å². The minimum Gasteiger partial charge on any atom is -0.488 e. The summed E-state index contributed by atoms with van der Waals surface area (Å²) in [5, 5.41) is 3.47. The van der Waals surface area contributed by atoms with E-state index in [0.717, 1.165) is 38.3 Å². The zero-order chi connectivity index (χ0) is 13.2. The van der Waals surface area contributed by atoms with Crippen LogP contribution in [0.1, 0.15) is 24.5 Å². The summed E-state index contributed by atoms with van der Waals surface area (Å²) in [6.07, 6.45) is 2.63. The second-order valence-electron chi connectivity index (χ2n) is 5.94. The molecule has 0 bridgehead atoms. The van der Waals surface area contributed by atoms with Crippen molar-refractivity contribution in [3.63, 3.8) is 0 Å². The summed E-state index contributed by atoms with van der Waals surface area (Å²) < 4.78 is 6.09. The smallest absolute Gasteiger partial charge is 0.123 e. The van der Waals surface area contributed by atoms with E-state index in [0.29, 0.717) is 12.1 Å². The minimum atomic E-state index is 0.331. The molecule has 1 aromatic carbocycles. The zero-order valence-electron chi connectivity index (χ0n) is 12.0. The van der Waals surface area contributed by atoms with Gasteiger partial charge in [0.1, 0.15) is 11.9 Å². The molecule has 0 aliphatic carbocycles. The van der Waals surface area contributed by atoms with Crippen molar-refractivity contribution in [1.82, 2.24) is 10.2 Å². The van der Waals surface area contributed by atoms with Crippen LogP contribution in [0.5, 0.6) is 5.75 Å². The van der Waals surface area contributed by atoms with Gasteiger partial charge in [-0.15, -0.1) is 0 Å². The third-order valence-electron chi connectivity index (χ3n) is 4.33. The van der Waals surface area contributed by atoms with Crippen molar-refractivity contribution >= 4 is 0 Å². The van der Waals surface area contributed by atoms with Crippen molar-refractivity contribution in [1.29, 1.82) is 0 Å². The van der Waals surface area contributed by atoms with E-state index in [4.69, 9.17) is 4.74 Å². The molecular formula is C16H24N2O. The first-order valence-corrected chi connectivity index (χ1v) is 7.43. The predicted molar refractivity (Wildman–Crippen MR) is 77.8 cm³/mol. The molecule has 2 aliphatic rings. The van der Waals surface area contributed by atoms with Gasteiger partial charge in [-0.3, -0.25) is 4.90 Å². The topological polar surface area (TPSA) is 24.5 Å². The van der Waals surface area contributed by atoms with Gasteiger partial charge in [-0.05, 0) is 38.4 Å². The Bertz CT molecular complexity index is 446. The van der Waals surface area contributed by atoms with Gasteiger partial charge < -0.3 is 10.1 Å². The molecule has 3 heteroatoms. The average Bonchev–Trinajstić information content (AvgIpc) is 2.66. The average molecular weight is 260 g/mol. The highest BCUT2D eigenvalue weighted by molar-refractivity contribution is 5.40. The molecule has 1 N–H and O–H groups in total. The summed E-state index contributed by atoms with van der Waals surface area (Å²) in [7, 11) is 0. The molecule has 19 heavy (non-hydrogen) atoms. The second kappa shape index (κ2) is 5.51. The van der Waals surface area contributed by atoms with Crippen LogP contribution in [0.3, 0.4) is 0 Å². The lowest BCUT2D eigenvalue weighted by Crippen LogP contribution is -2.41. The summed E-state index contributed by atoms with van der Waals surface area (Å²) in [6, 6.07) is 7.18. The molecule has 104 valence electrons. The molecular weight excluding hydrogens is 236 g/mol. The standard InChI is InChI=1S/C16H24N2O/c1-12-3-4-16-14(9-12)10-15(19-16)11-18-8-7-17-6-5-13(18)2/h3-4,9,13,15,17H,5-8,10-11H2,1-2H3. The summed E-state index contributed by atoms with van der Waals surface area (Å²) in [4.78, 5) is 2.57. The quantitative estimate of drug-likeness (QED) is 0.880. The molecule has 2 aliphatic heterocycles. The fraction of sp³-hybridized carbons (Fsp3) is 0.625. The van der Waals surface area contributed by atoms with Crippen LogP contribution in [-0.4, -0.2) is 43.2 Å². The highest BCUT2D eigenvalue weighted by Gasteiger charge is 2.27. The van der Waals surface area contributed by atoms with E-state index < -0.39 is 0 Å². The van der Waals surface area contributed by atoms with Gasteiger partial charge in [0.2, 0.25) is 0 Å². The van der Waals surface area contributed by atoms with Gasteiger partial charge in [0.15, 0.2) is 0 Å². The van der Waals surface area contributed by atoms with Crippen LogP contribution in [-0.2, 0) is 6.42 Å². The Labute approximate surface area is 115 Å². The molecule has 0 saturated carbocycles.